The highest BCUT2D eigenvalue weighted by Crippen LogP contribution is 2.31. The van der Waals surface area contributed by atoms with Crippen LogP contribution < -0.4 is 14.8 Å². The Morgan fingerprint density at radius 1 is 0.857 bits per heavy atom. The number of para-hydroxylation sites is 1. The molecule has 1 amide bonds. The number of likely N-dealkylation sites (tertiary alicyclic amines) is 1. The van der Waals surface area contributed by atoms with Crippen LogP contribution in [0.15, 0.2) is 95.9 Å². The van der Waals surface area contributed by atoms with E-state index in [0.717, 1.165) is 31.5 Å². The summed E-state index contributed by atoms with van der Waals surface area (Å²) in [5, 5.41) is 4.36. The minimum Gasteiger partial charge on any atom is -0.456 e. The van der Waals surface area contributed by atoms with Gasteiger partial charge in [-0.2, -0.15) is 0 Å². The second-order valence-corrected chi connectivity index (χ2v) is 12.8. The number of rotatable bonds is 10. The minimum atomic E-state index is -4.05. The number of benzene rings is 4. The van der Waals surface area contributed by atoms with Crippen LogP contribution in [0.25, 0.3) is 0 Å². The van der Waals surface area contributed by atoms with Crippen LogP contribution in [0, 0.1) is 0 Å². The molecule has 4 aromatic carbocycles. The van der Waals surface area contributed by atoms with Crippen LogP contribution in [-0.2, 0) is 10.0 Å². The van der Waals surface area contributed by atoms with E-state index in [1.165, 1.54) is 42.5 Å². The van der Waals surface area contributed by atoms with Crippen molar-refractivity contribution in [1.29, 1.82) is 0 Å². The number of carbonyl (C=O) groups is 1. The van der Waals surface area contributed by atoms with Gasteiger partial charge in [0, 0.05) is 16.6 Å². The smallest absolute Gasteiger partial charge is 0.261 e. The van der Waals surface area contributed by atoms with Crippen molar-refractivity contribution in [1.82, 2.24) is 10.2 Å². The third-order valence-corrected chi connectivity index (χ3v) is 9.14. The molecule has 0 saturated carbocycles. The number of nitrogens with zero attached hydrogens (tertiary/aromatic N) is 1. The molecule has 0 aliphatic carbocycles. The number of halogens is 3. The molecule has 0 radical (unpaired) electrons. The zero-order chi connectivity index (χ0) is 29.7. The van der Waals surface area contributed by atoms with Gasteiger partial charge in [0.1, 0.15) is 11.5 Å². The third kappa shape index (κ3) is 7.38. The molecule has 0 unspecified atom stereocenters. The van der Waals surface area contributed by atoms with Crippen molar-refractivity contribution in [2.75, 3.05) is 24.4 Å². The van der Waals surface area contributed by atoms with Crippen molar-refractivity contribution >= 4 is 56.4 Å². The van der Waals surface area contributed by atoms with Gasteiger partial charge in [0.05, 0.1) is 27.2 Å². The van der Waals surface area contributed by atoms with E-state index in [9.17, 15) is 13.2 Å². The average molecular weight is 645 g/mol. The van der Waals surface area contributed by atoms with Gasteiger partial charge in [0.15, 0.2) is 0 Å². The van der Waals surface area contributed by atoms with E-state index in [0.29, 0.717) is 33.1 Å². The summed E-state index contributed by atoms with van der Waals surface area (Å²) in [7, 11) is -4.05. The lowest BCUT2D eigenvalue weighted by atomic mass is 10.1. The van der Waals surface area contributed by atoms with Gasteiger partial charge in [0.2, 0.25) is 0 Å². The molecule has 5 rings (SSSR count). The highest BCUT2D eigenvalue weighted by Gasteiger charge is 2.25. The molecule has 42 heavy (non-hydrogen) atoms. The zero-order valence-corrected chi connectivity index (χ0v) is 25.5. The van der Waals surface area contributed by atoms with E-state index in [2.05, 4.69) is 14.9 Å². The molecule has 218 valence electrons. The van der Waals surface area contributed by atoms with Crippen LogP contribution in [0.2, 0.25) is 15.1 Å². The van der Waals surface area contributed by atoms with Gasteiger partial charge >= 0.3 is 0 Å². The number of anilines is 1. The summed E-state index contributed by atoms with van der Waals surface area (Å²) in [6, 6.07) is 24.8. The molecule has 4 aromatic rings. The predicted octanol–water partition coefficient (Wildman–Crippen LogP) is 7.81. The zero-order valence-electron chi connectivity index (χ0n) is 22.4. The average Bonchev–Trinajstić information content (AvgIpc) is 3.51. The van der Waals surface area contributed by atoms with Gasteiger partial charge in [-0.1, -0.05) is 59.1 Å². The molecular formula is C31H28Cl3N3O4S. The Kier molecular flexibility index (Phi) is 9.60. The Bertz CT molecular complexity index is 1660. The van der Waals surface area contributed by atoms with Crippen LogP contribution in [0.5, 0.6) is 11.5 Å². The Balaban J connectivity index is 1.31. The Hall–Kier alpha value is -3.27. The van der Waals surface area contributed by atoms with Gasteiger partial charge in [-0.15, -0.1) is 0 Å². The maximum Gasteiger partial charge on any atom is 0.261 e. The number of ether oxygens (including phenoxy) is 1. The van der Waals surface area contributed by atoms with Gasteiger partial charge in [-0.05, 0) is 98.2 Å². The molecule has 1 heterocycles. The normalized spacial score (nSPS) is 14.4. The van der Waals surface area contributed by atoms with Crippen LogP contribution in [-0.4, -0.2) is 38.9 Å². The maximum atomic E-state index is 13.4. The molecule has 0 aromatic heterocycles. The number of hydrogen-bond donors (Lipinski definition) is 2. The number of hydrogen-bond acceptors (Lipinski definition) is 5. The molecule has 0 spiro atoms. The maximum absolute atomic E-state index is 13.4. The fraction of sp³-hybridized carbons (Fsp3) is 0.194. The second kappa shape index (κ2) is 13.4. The molecule has 11 heteroatoms. The van der Waals surface area contributed by atoms with Gasteiger partial charge in [0.25, 0.3) is 15.9 Å². The van der Waals surface area contributed by atoms with Crippen LogP contribution >= 0.6 is 34.8 Å². The highest BCUT2D eigenvalue weighted by atomic mass is 35.5. The second-order valence-electron chi connectivity index (χ2n) is 9.82. The van der Waals surface area contributed by atoms with Crippen molar-refractivity contribution < 1.29 is 17.9 Å². The molecule has 1 aliphatic rings. The summed E-state index contributed by atoms with van der Waals surface area (Å²) in [6.07, 6.45) is 2.18. The SMILES string of the molecule is O=C(NC[C@@H](c1ccc(Cl)cc1)N1CCCC1)c1cc(Cl)ccc1NS(=O)(=O)c1ccc(Oc2ccccc2Cl)cc1. The minimum absolute atomic E-state index is 0.00727. The molecule has 0 bridgehead atoms. The monoisotopic (exact) mass is 643 g/mol. The molecule has 2 N–H and O–H groups in total. The highest BCUT2D eigenvalue weighted by molar-refractivity contribution is 7.92. The Labute approximate surface area is 260 Å². The lowest BCUT2D eigenvalue weighted by Gasteiger charge is -2.28. The number of amides is 1. The van der Waals surface area contributed by atoms with E-state index in [1.807, 2.05) is 24.3 Å². The summed E-state index contributed by atoms with van der Waals surface area (Å²) >= 11 is 18.5. The predicted molar refractivity (Wildman–Crippen MR) is 168 cm³/mol. The van der Waals surface area contributed by atoms with Crippen molar-refractivity contribution in [2.45, 2.75) is 23.8 Å². The molecule has 1 fully saturated rings. The lowest BCUT2D eigenvalue weighted by molar-refractivity contribution is 0.0939. The van der Waals surface area contributed by atoms with E-state index in [4.69, 9.17) is 39.5 Å². The third-order valence-electron chi connectivity index (χ3n) is 6.96. The van der Waals surface area contributed by atoms with Crippen molar-refractivity contribution in [3.63, 3.8) is 0 Å². The van der Waals surface area contributed by atoms with Crippen LogP contribution in [0.4, 0.5) is 5.69 Å². The quantitative estimate of drug-likeness (QED) is 0.184. The Morgan fingerprint density at radius 3 is 2.21 bits per heavy atom. The first kappa shape index (κ1) is 30.2. The van der Waals surface area contributed by atoms with E-state index in [1.54, 1.807) is 24.3 Å². The molecule has 1 saturated heterocycles. The topological polar surface area (TPSA) is 87.7 Å². The number of nitrogens with one attached hydrogen (secondary N) is 2. The van der Waals surface area contributed by atoms with Crippen molar-refractivity contribution in [2.24, 2.45) is 0 Å². The lowest BCUT2D eigenvalue weighted by Crippen LogP contribution is -2.37. The summed E-state index contributed by atoms with van der Waals surface area (Å²) in [5.74, 6) is 0.423. The largest absolute Gasteiger partial charge is 0.456 e. The first-order valence-corrected chi connectivity index (χ1v) is 15.9. The Morgan fingerprint density at radius 2 is 1.52 bits per heavy atom. The fourth-order valence-electron chi connectivity index (χ4n) is 4.82. The van der Waals surface area contributed by atoms with E-state index >= 15 is 0 Å². The molecule has 7 nitrogen and oxygen atoms in total. The first-order valence-electron chi connectivity index (χ1n) is 13.3. The van der Waals surface area contributed by atoms with E-state index < -0.39 is 15.9 Å². The summed E-state index contributed by atoms with van der Waals surface area (Å²) in [4.78, 5) is 15.7. The fourth-order valence-corrected chi connectivity index (χ4v) is 6.37. The van der Waals surface area contributed by atoms with Gasteiger partial charge in [-0.3, -0.25) is 14.4 Å². The molecule has 1 aliphatic heterocycles. The van der Waals surface area contributed by atoms with E-state index in [-0.39, 0.29) is 22.2 Å². The van der Waals surface area contributed by atoms with Crippen LogP contribution in [0.1, 0.15) is 34.8 Å². The first-order chi connectivity index (χ1) is 20.2. The molecule has 1 atom stereocenters. The number of carbonyl (C=O) groups excluding carboxylic acids is 1. The standard InChI is InChI=1S/C31H28Cl3N3O4S/c32-22-9-7-21(8-10-22)29(37-17-3-4-18-37)20-35-31(38)26-19-23(33)11-16-28(26)36-42(39,40)25-14-12-24(13-15-25)41-30-6-2-1-5-27(30)34/h1-2,5-16,19,29,36H,3-4,17-18,20H2,(H,35,38)/t29-/m0/s1. The summed E-state index contributed by atoms with van der Waals surface area (Å²) in [5.41, 5.74) is 1.26. The summed E-state index contributed by atoms with van der Waals surface area (Å²) in [6.45, 7) is 2.17. The molecular weight excluding hydrogens is 617 g/mol. The van der Waals surface area contributed by atoms with Crippen molar-refractivity contribution in [3.8, 4) is 11.5 Å². The van der Waals surface area contributed by atoms with Crippen molar-refractivity contribution in [3.05, 3.63) is 117 Å². The van der Waals surface area contributed by atoms with Gasteiger partial charge in [-0.25, -0.2) is 8.42 Å². The number of sulfonamides is 1. The van der Waals surface area contributed by atoms with Crippen LogP contribution in [0.3, 0.4) is 0 Å². The summed E-state index contributed by atoms with van der Waals surface area (Å²) < 4.78 is 34.9. The van der Waals surface area contributed by atoms with Gasteiger partial charge < -0.3 is 10.1 Å².